The second-order valence-electron chi connectivity index (χ2n) is 6.59. The van der Waals surface area contributed by atoms with Crippen LogP contribution in [0.1, 0.15) is 18.9 Å². The number of phenols is 1. The van der Waals surface area contributed by atoms with Crippen LogP contribution in [-0.4, -0.2) is 32.7 Å². The zero-order chi connectivity index (χ0) is 21.7. The molecule has 2 N–H and O–H groups in total. The number of allylic oxidation sites excluding steroid dienone is 2. The van der Waals surface area contributed by atoms with Crippen LogP contribution in [0.25, 0.3) is 6.08 Å². The lowest BCUT2D eigenvalue weighted by molar-refractivity contribution is -0.122. The molecule has 0 unspecified atom stereocenters. The molecule has 2 aromatic carbocycles. The number of benzene rings is 2. The summed E-state index contributed by atoms with van der Waals surface area (Å²) < 4.78 is 0.414. The largest absolute Gasteiger partial charge is 0.506 e. The van der Waals surface area contributed by atoms with Gasteiger partial charge in [0.2, 0.25) is 5.91 Å². The Labute approximate surface area is 189 Å². The fraction of sp³-hybridized carbons (Fsp3) is 0.136. The van der Waals surface area contributed by atoms with Crippen molar-refractivity contribution in [3.8, 4) is 5.75 Å². The van der Waals surface area contributed by atoms with Crippen molar-refractivity contribution in [1.29, 1.82) is 0 Å². The summed E-state index contributed by atoms with van der Waals surface area (Å²) in [5, 5.41) is 12.8. The van der Waals surface area contributed by atoms with Crippen LogP contribution in [0.4, 0.5) is 5.69 Å². The molecule has 1 saturated heterocycles. The molecule has 2 amide bonds. The Morgan fingerprint density at radius 2 is 2.00 bits per heavy atom. The highest BCUT2D eigenvalue weighted by atomic mass is 35.5. The van der Waals surface area contributed by atoms with Gasteiger partial charge in [-0.25, -0.2) is 0 Å². The number of amides is 2. The molecular formula is C22H19ClN2O3S2. The van der Waals surface area contributed by atoms with Crippen LogP contribution in [0.2, 0.25) is 5.02 Å². The number of aromatic hydroxyl groups is 1. The van der Waals surface area contributed by atoms with Crippen molar-refractivity contribution in [3.05, 3.63) is 75.7 Å². The Kier molecular flexibility index (Phi) is 7.31. The van der Waals surface area contributed by atoms with Crippen molar-refractivity contribution in [2.24, 2.45) is 0 Å². The fourth-order valence-electron chi connectivity index (χ4n) is 2.79. The molecule has 2 aromatic rings. The number of carbonyl (C=O) groups excluding carboxylic acids is 2. The third-order valence-electron chi connectivity index (χ3n) is 4.22. The van der Waals surface area contributed by atoms with Gasteiger partial charge in [-0.3, -0.25) is 14.5 Å². The average Bonchev–Trinajstić information content (AvgIpc) is 2.96. The topological polar surface area (TPSA) is 69.6 Å². The van der Waals surface area contributed by atoms with Crippen molar-refractivity contribution in [3.63, 3.8) is 0 Å². The van der Waals surface area contributed by atoms with Crippen molar-refractivity contribution in [2.45, 2.75) is 13.3 Å². The molecule has 5 nitrogen and oxygen atoms in total. The summed E-state index contributed by atoms with van der Waals surface area (Å²) in [6.07, 6.45) is 3.82. The number of hydrogen-bond donors (Lipinski definition) is 2. The first-order valence-corrected chi connectivity index (χ1v) is 10.7. The van der Waals surface area contributed by atoms with Gasteiger partial charge in [0.1, 0.15) is 10.1 Å². The van der Waals surface area contributed by atoms with Crippen molar-refractivity contribution in [2.75, 3.05) is 11.9 Å². The van der Waals surface area contributed by atoms with Gasteiger partial charge in [0.25, 0.3) is 5.91 Å². The standard InChI is InChI=1S/C22H19ClN2O3S2/c1-14(11-15-5-3-2-4-6-15)12-19-21(28)25(22(29)30-19)10-9-20(27)24-17-13-16(23)7-8-18(17)26/h2-8,11-13,26H,9-10H2,1H3,(H,24,27)/b14-11?,19-12-. The third kappa shape index (κ3) is 5.72. The molecule has 0 bridgehead atoms. The molecule has 1 heterocycles. The van der Waals surface area contributed by atoms with E-state index in [0.29, 0.717) is 14.2 Å². The van der Waals surface area contributed by atoms with E-state index >= 15 is 0 Å². The van der Waals surface area contributed by atoms with Gasteiger partial charge in [-0.1, -0.05) is 72.0 Å². The zero-order valence-electron chi connectivity index (χ0n) is 16.1. The number of nitrogens with one attached hydrogen (secondary N) is 1. The molecule has 3 rings (SSSR count). The van der Waals surface area contributed by atoms with E-state index in [1.807, 2.05) is 43.3 Å². The molecule has 0 aromatic heterocycles. The Morgan fingerprint density at radius 3 is 2.73 bits per heavy atom. The van der Waals surface area contributed by atoms with Gasteiger partial charge in [0.15, 0.2) is 0 Å². The lowest BCUT2D eigenvalue weighted by Gasteiger charge is -2.14. The summed E-state index contributed by atoms with van der Waals surface area (Å²) in [5.41, 5.74) is 2.19. The lowest BCUT2D eigenvalue weighted by atomic mass is 10.1. The van der Waals surface area contributed by atoms with Gasteiger partial charge in [0, 0.05) is 18.0 Å². The maximum atomic E-state index is 12.7. The summed E-state index contributed by atoms with van der Waals surface area (Å²) in [4.78, 5) is 26.9. The maximum absolute atomic E-state index is 12.7. The van der Waals surface area contributed by atoms with E-state index < -0.39 is 0 Å². The molecule has 0 saturated carbocycles. The molecule has 0 radical (unpaired) electrons. The summed E-state index contributed by atoms with van der Waals surface area (Å²) in [6, 6.07) is 14.2. The fourth-order valence-corrected chi connectivity index (χ4v) is 4.32. The first-order chi connectivity index (χ1) is 14.3. The monoisotopic (exact) mass is 458 g/mol. The van der Waals surface area contributed by atoms with Crippen LogP contribution in [0, 0.1) is 0 Å². The van der Waals surface area contributed by atoms with Crippen molar-refractivity contribution in [1.82, 2.24) is 4.90 Å². The molecular weight excluding hydrogens is 440 g/mol. The number of anilines is 1. The quantitative estimate of drug-likeness (QED) is 0.352. The summed E-state index contributed by atoms with van der Waals surface area (Å²) in [5.74, 6) is -0.656. The molecule has 0 aliphatic carbocycles. The van der Waals surface area contributed by atoms with Crippen LogP contribution in [0.15, 0.2) is 65.1 Å². The van der Waals surface area contributed by atoms with Crippen LogP contribution in [0.5, 0.6) is 5.75 Å². The smallest absolute Gasteiger partial charge is 0.266 e. The number of nitrogens with zero attached hydrogens (tertiary/aromatic N) is 1. The SMILES string of the molecule is CC(=Cc1ccccc1)/C=C1\SC(=S)N(CCC(=O)Nc2cc(Cl)ccc2O)C1=O. The summed E-state index contributed by atoms with van der Waals surface area (Å²) >= 11 is 12.4. The first kappa shape index (κ1) is 22.1. The van der Waals surface area contributed by atoms with Crippen LogP contribution >= 0.6 is 35.6 Å². The molecule has 1 fully saturated rings. The van der Waals surface area contributed by atoms with Gasteiger partial charge in [-0.2, -0.15) is 0 Å². The van der Waals surface area contributed by atoms with Gasteiger partial charge < -0.3 is 10.4 Å². The second-order valence-corrected chi connectivity index (χ2v) is 8.70. The lowest BCUT2D eigenvalue weighted by Crippen LogP contribution is -2.31. The van der Waals surface area contributed by atoms with Crippen molar-refractivity contribution >= 4 is 63.5 Å². The van der Waals surface area contributed by atoms with Crippen LogP contribution < -0.4 is 5.32 Å². The highest BCUT2D eigenvalue weighted by Gasteiger charge is 2.32. The molecule has 1 aliphatic heterocycles. The number of hydrogen-bond acceptors (Lipinski definition) is 5. The zero-order valence-corrected chi connectivity index (χ0v) is 18.5. The Balaban J connectivity index is 1.61. The van der Waals surface area contributed by atoms with Crippen molar-refractivity contribution < 1.29 is 14.7 Å². The predicted molar refractivity (Wildman–Crippen MR) is 126 cm³/mol. The minimum Gasteiger partial charge on any atom is -0.506 e. The van der Waals surface area contributed by atoms with Crippen LogP contribution in [-0.2, 0) is 9.59 Å². The van der Waals surface area contributed by atoms with E-state index in [0.717, 1.165) is 11.1 Å². The van der Waals surface area contributed by atoms with Gasteiger partial charge >= 0.3 is 0 Å². The van der Waals surface area contributed by atoms with E-state index in [-0.39, 0.29) is 36.2 Å². The molecule has 0 spiro atoms. The van der Waals surface area contributed by atoms with E-state index in [1.54, 1.807) is 6.08 Å². The number of halogens is 1. The molecule has 0 atom stereocenters. The van der Waals surface area contributed by atoms with E-state index in [1.165, 1.54) is 34.9 Å². The Morgan fingerprint density at radius 1 is 1.27 bits per heavy atom. The predicted octanol–water partition coefficient (Wildman–Crippen LogP) is 5.22. The van der Waals surface area contributed by atoms with Gasteiger partial charge in [-0.15, -0.1) is 0 Å². The van der Waals surface area contributed by atoms with E-state index in [9.17, 15) is 14.7 Å². The minimum absolute atomic E-state index is 0.0323. The molecule has 8 heteroatoms. The minimum atomic E-state index is -0.356. The molecule has 1 aliphatic rings. The highest BCUT2D eigenvalue weighted by molar-refractivity contribution is 8.26. The van der Waals surface area contributed by atoms with E-state index in [2.05, 4.69) is 5.32 Å². The molecule has 30 heavy (non-hydrogen) atoms. The van der Waals surface area contributed by atoms with Gasteiger partial charge in [0.05, 0.1) is 10.6 Å². The molecule has 154 valence electrons. The highest BCUT2D eigenvalue weighted by Crippen LogP contribution is 2.32. The first-order valence-electron chi connectivity index (χ1n) is 9.10. The maximum Gasteiger partial charge on any atom is 0.266 e. The normalized spacial score (nSPS) is 15.7. The Hall–Kier alpha value is -2.61. The van der Waals surface area contributed by atoms with E-state index in [4.69, 9.17) is 23.8 Å². The van der Waals surface area contributed by atoms with Crippen LogP contribution in [0.3, 0.4) is 0 Å². The number of carbonyl (C=O) groups is 2. The van der Waals surface area contributed by atoms with Gasteiger partial charge in [-0.05, 0) is 42.3 Å². The number of rotatable bonds is 6. The third-order valence-corrected chi connectivity index (χ3v) is 5.83. The summed E-state index contributed by atoms with van der Waals surface area (Å²) in [6.45, 7) is 2.07. The summed E-state index contributed by atoms with van der Waals surface area (Å²) in [7, 11) is 0. The average molecular weight is 459 g/mol. The number of thioether (sulfide) groups is 1. The second kappa shape index (κ2) is 9.93. The Bertz CT molecular complexity index is 1050. The number of thiocarbonyl (C=S) groups is 1. The number of phenolic OH excluding ortho intramolecular Hbond substituents is 1.